The lowest BCUT2D eigenvalue weighted by atomic mass is 9.72. The molecule has 0 radical (unpaired) electrons. The Labute approximate surface area is 258 Å². The molecule has 234 valence electrons. The van der Waals surface area contributed by atoms with Gasteiger partial charge in [-0.05, 0) is 56.8 Å². The van der Waals surface area contributed by atoms with Gasteiger partial charge in [0.25, 0.3) is 11.8 Å². The fraction of sp³-hybridized carbons (Fsp3) is 0.500. The van der Waals surface area contributed by atoms with Gasteiger partial charge in [0.1, 0.15) is 12.6 Å². The van der Waals surface area contributed by atoms with Crippen molar-refractivity contribution in [2.24, 2.45) is 5.92 Å². The maximum absolute atomic E-state index is 13.8. The molecule has 5 heterocycles. The summed E-state index contributed by atoms with van der Waals surface area (Å²) in [5.41, 5.74) is 3.33. The predicted molar refractivity (Wildman–Crippen MR) is 166 cm³/mol. The van der Waals surface area contributed by atoms with Crippen molar-refractivity contribution in [1.29, 1.82) is 0 Å². The minimum atomic E-state index is -1.93. The number of aromatic nitrogens is 1. The number of carbonyl (C=O) groups excluding carboxylic acids is 3. The van der Waals surface area contributed by atoms with Crippen LogP contribution < -0.4 is 5.32 Å². The molecule has 10 heteroatoms. The summed E-state index contributed by atoms with van der Waals surface area (Å²) >= 11 is 0. The minimum Gasteiger partial charge on any atom is -0.361 e. The molecule has 4 saturated heterocycles. The topological polar surface area (TPSA) is 118 Å². The SMILES string of the molecule is CC[C@@]1(NC(=O)[C@@H]2CC3c4cccc5[nH]cc(c45)C[C@H]3N(C)C2)OC2(O)[C@@H]3CCCN3C(=O)CN2C1=O.Cc1ccccc1.[HH]. The molecule has 3 N–H and O–H groups in total. The number of aliphatic hydroxyl groups is 1. The summed E-state index contributed by atoms with van der Waals surface area (Å²) in [5.74, 6) is -3.09. The fourth-order valence-electron chi connectivity index (χ4n) is 8.19. The molecule has 2 aromatic carbocycles. The summed E-state index contributed by atoms with van der Waals surface area (Å²) in [7, 11) is 2.06. The molecule has 1 aliphatic carbocycles. The Bertz CT molecular complexity index is 1610. The molecule has 0 spiro atoms. The molecule has 6 atom stereocenters. The number of carbonyl (C=O) groups is 3. The summed E-state index contributed by atoms with van der Waals surface area (Å²) in [5, 5.41) is 15.7. The molecule has 4 aliphatic heterocycles. The van der Waals surface area contributed by atoms with Crippen molar-refractivity contribution in [2.75, 3.05) is 26.7 Å². The van der Waals surface area contributed by atoms with Crippen LogP contribution in [0.4, 0.5) is 0 Å². The van der Waals surface area contributed by atoms with Gasteiger partial charge in [0.15, 0.2) is 0 Å². The van der Waals surface area contributed by atoms with E-state index in [1.807, 2.05) is 18.2 Å². The Hall–Kier alpha value is -3.73. The minimum absolute atomic E-state index is 0. The fourth-order valence-corrected chi connectivity index (χ4v) is 8.19. The van der Waals surface area contributed by atoms with Crippen LogP contribution in [0.15, 0.2) is 54.7 Å². The zero-order valence-electron chi connectivity index (χ0n) is 25.6. The Balaban J connectivity index is 0.000000397. The van der Waals surface area contributed by atoms with E-state index >= 15 is 0 Å². The summed E-state index contributed by atoms with van der Waals surface area (Å²) in [4.78, 5) is 48.4. The maximum atomic E-state index is 13.8. The smallest absolute Gasteiger partial charge is 0.280 e. The maximum Gasteiger partial charge on any atom is 0.280 e. The lowest BCUT2D eigenvalue weighted by molar-refractivity contribution is -0.310. The third-order valence-electron chi connectivity index (χ3n) is 10.5. The molecule has 3 aromatic rings. The van der Waals surface area contributed by atoms with Crippen molar-refractivity contribution in [3.63, 3.8) is 0 Å². The quantitative estimate of drug-likeness (QED) is 0.425. The van der Waals surface area contributed by atoms with Crippen LogP contribution in [0.1, 0.15) is 56.6 Å². The van der Waals surface area contributed by atoms with E-state index in [0.717, 1.165) is 23.3 Å². The van der Waals surface area contributed by atoms with Crippen molar-refractivity contribution < 1.29 is 25.7 Å². The highest BCUT2D eigenvalue weighted by molar-refractivity contribution is 5.96. The Morgan fingerprint density at radius 2 is 1.98 bits per heavy atom. The van der Waals surface area contributed by atoms with E-state index in [1.54, 1.807) is 11.8 Å². The van der Waals surface area contributed by atoms with Gasteiger partial charge < -0.3 is 25.2 Å². The monoisotopic (exact) mass is 601 g/mol. The van der Waals surface area contributed by atoms with Gasteiger partial charge in [-0.2, -0.15) is 0 Å². The van der Waals surface area contributed by atoms with E-state index in [-0.39, 0.29) is 38.0 Å². The third-order valence-corrected chi connectivity index (χ3v) is 10.5. The number of likely N-dealkylation sites (N-methyl/N-ethyl adjacent to an activating group) is 1. The van der Waals surface area contributed by atoms with Crippen LogP contribution >= 0.6 is 0 Å². The Kier molecular flexibility index (Phi) is 7.06. The standard InChI is InChI=1S/C27H33N5O5.C7H8.H2/c1-3-26(25(35)32-14-22(33)31-9-5-8-21(31)27(32,36)37-26)29-24(34)16-10-18-17-6-4-7-19-23(17)15(12-28-19)11-20(18)30(2)13-16;1-7-5-3-2-4-6-7;/h4,6-7,12,16,18,20-21,28,36H,3,5,8-11,13-14H2,1-2H3,(H,29,34);2-6H,1H3;1H/t16-,18?,20-,21+,26-,27?;;/m1../s1. The highest BCUT2D eigenvalue weighted by atomic mass is 16.7. The lowest BCUT2D eigenvalue weighted by Crippen LogP contribution is -2.67. The van der Waals surface area contributed by atoms with Crippen LogP contribution in [0.3, 0.4) is 0 Å². The number of rotatable bonds is 3. The molecule has 44 heavy (non-hydrogen) atoms. The molecule has 2 unspecified atom stereocenters. The number of aromatic amines is 1. The zero-order valence-corrected chi connectivity index (χ0v) is 25.6. The molecule has 1 aromatic heterocycles. The summed E-state index contributed by atoms with van der Waals surface area (Å²) in [6.45, 7) is 4.70. The molecule has 0 bridgehead atoms. The van der Waals surface area contributed by atoms with Gasteiger partial charge >= 0.3 is 0 Å². The van der Waals surface area contributed by atoms with E-state index in [9.17, 15) is 19.5 Å². The molecular weight excluding hydrogens is 558 g/mol. The molecule has 3 amide bonds. The van der Waals surface area contributed by atoms with E-state index in [1.165, 1.54) is 22.1 Å². The van der Waals surface area contributed by atoms with Gasteiger partial charge in [-0.25, -0.2) is 0 Å². The highest BCUT2D eigenvalue weighted by Gasteiger charge is 2.68. The number of likely N-dealkylation sites (tertiary alicyclic amines) is 1. The zero-order chi connectivity index (χ0) is 30.8. The van der Waals surface area contributed by atoms with Gasteiger partial charge in [-0.3, -0.25) is 24.0 Å². The summed E-state index contributed by atoms with van der Waals surface area (Å²) in [6.07, 6.45) is 5.13. The molecule has 8 rings (SSSR count). The van der Waals surface area contributed by atoms with Gasteiger partial charge in [0.05, 0.1) is 5.92 Å². The van der Waals surface area contributed by atoms with E-state index in [0.29, 0.717) is 32.0 Å². The van der Waals surface area contributed by atoms with Gasteiger partial charge in [0.2, 0.25) is 17.5 Å². The first kappa shape index (κ1) is 29.0. The number of piperidine rings is 1. The average Bonchev–Trinajstić information content (AvgIpc) is 3.73. The number of benzene rings is 2. The molecule has 10 nitrogen and oxygen atoms in total. The van der Waals surface area contributed by atoms with E-state index in [4.69, 9.17) is 4.74 Å². The first-order valence-corrected chi connectivity index (χ1v) is 15.8. The predicted octanol–water partition coefficient (Wildman–Crippen LogP) is 3.10. The second-order valence-corrected chi connectivity index (χ2v) is 13.1. The molecule has 4 fully saturated rings. The largest absolute Gasteiger partial charge is 0.361 e. The van der Waals surface area contributed by atoms with Crippen molar-refractivity contribution in [2.45, 2.75) is 75.6 Å². The van der Waals surface area contributed by atoms with Crippen LogP contribution in [0.2, 0.25) is 0 Å². The molecule has 0 saturated carbocycles. The normalized spacial score (nSPS) is 32.5. The first-order chi connectivity index (χ1) is 21.1. The highest BCUT2D eigenvalue weighted by Crippen LogP contribution is 2.46. The molecule has 5 aliphatic rings. The first-order valence-electron chi connectivity index (χ1n) is 15.8. The Morgan fingerprint density at radius 1 is 1.18 bits per heavy atom. The van der Waals surface area contributed by atoms with Gasteiger partial charge in [-0.15, -0.1) is 0 Å². The average molecular weight is 602 g/mol. The second-order valence-electron chi connectivity index (χ2n) is 13.1. The van der Waals surface area contributed by atoms with E-state index in [2.05, 4.69) is 65.7 Å². The van der Waals surface area contributed by atoms with Crippen molar-refractivity contribution in [1.82, 2.24) is 25.0 Å². The van der Waals surface area contributed by atoms with E-state index < -0.39 is 23.6 Å². The molecular formula is C34H43N5O5. The number of amides is 3. The number of aryl methyl sites for hydroxylation is 1. The van der Waals surface area contributed by atoms with Crippen LogP contribution in [0.25, 0.3) is 10.9 Å². The number of piperazine rings is 1. The number of fused-ring (bicyclic) bond motifs is 5. The number of hydrogen-bond donors (Lipinski definition) is 3. The number of nitrogens with one attached hydrogen (secondary N) is 2. The Morgan fingerprint density at radius 3 is 2.70 bits per heavy atom. The number of ether oxygens (including phenoxy) is 1. The van der Waals surface area contributed by atoms with Crippen molar-refractivity contribution in [3.05, 3.63) is 71.4 Å². The summed E-state index contributed by atoms with van der Waals surface area (Å²) in [6, 6.07) is 16.3. The van der Waals surface area contributed by atoms with Crippen molar-refractivity contribution >= 4 is 28.6 Å². The lowest BCUT2D eigenvalue weighted by Gasteiger charge is -2.45. The number of hydrogen-bond acceptors (Lipinski definition) is 6. The number of H-pyrrole nitrogens is 1. The van der Waals surface area contributed by atoms with Crippen molar-refractivity contribution in [3.8, 4) is 0 Å². The second kappa shape index (κ2) is 10.7. The number of nitrogens with zero attached hydrogens (tertiary/aromatic N) is 3. The van der Waals surface area contributed by atoms with Crippen LogP contribution in [0.5, 0.6) is 0 Å². The summed E-state index contributed by atoms with van der Waals surface area (Å²) < 4.78 is 6.13. The van der Waals surface area contributed by atoms with Crippen LogP contribution in [-0.4, -0.2) is 92.9 Å². The van der Waals surface area contributed by atoms with Crippen LogP contribution in [-0.2, 0) is 25.5 Å². The van der Waals surface area contributed by atoms with Gasteiger partial charge in [0, 0.05) is 50.0 Å². The third kappa shape index (κ3) is 4.45. The van der Waals surface area contributed by atoms with Crippen LogP contribution in [0, 0.1) is 12.8 Å². The van der Waals surface area contributed by atoms with Gasteiger partial charge in [-0.1, -0.05) is 55.0 Å².